The third-order valence-corrected chi connectivity index (χ3v) is 6.68. The van der Waals surface area contributed by atoms with Gasteiger partial charge in [0.15, 0.2) is 0 Å². The maximum absolute atomic E-state index is 14.8. The van der Waals surface area contributed by atoms with Gasteiger partial charge in [-0.05, 0) is 43.6 Å². The van der Waals surface area contributed by atoms with Crippen molar-refractivity contribution in [2.75, 3.05) is 33.2 Å². The van der Waals surface area contributed by atoms with E-state index < -0.39 is 17.3 Å². The van der Waals surface area contributed by atoms with Crippen LogP contribution < -0.4 is 5.32 Å². The number of nitrogens with zero attached hydrogens (tertiary/aromatic N) is 2. The molecule has 1 unspecified atom stereocenters. The SMILES string of the molecule is CN1CC2(CCN(Cc3ccc(Cl)c(C4CCC(=O)NC4=O)c3)CC2(F)F)C1. The van der Waals surface area contributed by atoms with Gasteiger partial charge in [0.1, 0.15) is 0 Å². The molecule has 1 aromatic rings. The highest BCUT2D eigenvalue weighted by molar-refractivity contribution is 6.31. The van der Waals surface area contributed by atoms with E-state index in [1.165, 1.54) is 0 Å². The van der Waals surface area contributed by atoms with Crippen LogP contribution in [0.15, 0.2) is 18.2 Å². The Labute approximate surface area is 168 Å². The van der Waals surface area contributed by atoms with Crippen molar-refractivity contribution in [2.45, 2.75) is 37.6 Å². The van der Waals surface area contributed by atoms with Gasteiger partial charge in [0.25, 0.3) is 5.92 Å². The zero-order valence-corrected chi connectivity index (χ0v) is 16.6. The largest absolute Gasteiger partial charge is 0.305 e. The number of hydrogen-bond acceptors (Lipinski definition) is 4. The van der Waals surface area contributed by atoms with Gasteiger partial charge >= 0.3 is 0 Å². The number of imide groups is 1. The maximum Gasteiger partial charge on any atom is 0.268 e. The zero-order valence-electron chi connectivity index (χ0n) is 15.8. The van der Waals surface area contributed by atoms with Crippen LogP contribution in [0.1, 0.15) is 36.3 Å². The molecule has 1 aromatic carbocycles. The normalized spacial score (nSPS) is 27.5. The molecule has 4 rings (SSSR count). The summed E-state index contributed by atoms with van der Waals surface area (Å²) in [6.07, 6.45) is 1.16. The number of piperidine rings is 2. The van der Waals surface area contributed by atoms with Gasteiger partial charge in [-0.25, -0.2) is 8.78 Å². The lowest BCUT2D eigenvalue weighted by Gasteiger charge is -2.56. The lowest BCUT2D eigenvalue weighted by Crippen LogP contribution is -2.69. The van der Waals surface area contributed by atoms with Crippen LogP contribution in [0.4, 0.5) is 8.78 Å². The molecule has 1 atom stereocenters. The number of alkyl halides is 2. The minimum atomic E-state index is -2.71. The summed E-state index contributed by atoms with van der Waals surface area (Å²) in [6.45, 7) is 1.67. The number of carbonyl (C=O) groups is 2. The van der Waals surface area contributed by atoms with Crippen molar-refractivity contribution in [3.05, 3.63) is 34.3 Å². The van der Waals surface area contributed by atoms with Crippen LogP contribution >= 0.6 is 11.6 Å². The molecule has 1 N–H and O–H groups in total. The molecule has 3 fully saturated rings. The van der Waals surface area contributed by atoms with Gasteiger partial charge in [-0.15, -0.1) is 0 Å². The highest BCUT2D eigenvalue weighted by Gasteiger charge is 2.61. The van der Waals surface area contributed by atoms with Gasteiger partial charge in [0.05, 0.1) is 17.9 Å². The Balaban J connectivity index is 1.47. The fourth-order valence-corrected chi connectivity index (χ4v) is 5.05. The smallest absolute Gasteiger partial charge is 0.268 e. The zero-order chi connectivity index (χ0) is 20.1. The number of hydrogen-bond donors (Lipinski definition) is 1. The van der Waals surface area contributed by atoms with E-state index in [0.717, 1.165) is 5.56 Å². The van der Waals surface area contributed by atoms with Gasteiger partial charge in [0.2, 0.25) is 11.8 Å². The summed E-state index contributed by atoms with van der Waals surface area (Å²) in [5, 5.41) is 2.80. The summed E-state index contributed by atoms with van der Waals surface area (Å²) in [4.78, 5) is 27.3. The molecule has 28 heavy (non-hydrogen) atoms. The second-order valence-corrected chi connectivity index (χ2v) is 8.88. The van der Waals surface area contributed by atoms with E-state index in [1.807, 2.05) is 24.1 Å². The second kappa shape index (κ2) is 7.04. The predicted molar refractivity (Wildman–Crippen MR) is 101 cm³/mol. The molecule has 3 saturated heterocycles. The molecule has 2 amide bonds. The van der Waals surface area contributed by atoms with E-state index in [4.69, 9.17) is 11.6 Å². The molecule has 0 bridgehead atoms. The van der Waals surface area contributed by atoms with Crippen LogP contribution in [0.5, 0.6) is 0 Å². The van der Waals surface area contributed by atoms with Crippen molar-refractivity contribution >= 4 is 23.4 Å². The monoisotopic (exact) mass is 411 g/mol. The Morgan fingerprint density at radius 1 is 1.25 bits per heavy atom. The van der Waals surface area contributed by atoms with Crippen molar-refractivity contribution in [2.24, 2.45) is 5.41 Å². The molecule has 0 aliphatic carbocycles. The molecule has 5 nitrogen and oxygen atoms in total. The lowest BCUT2D eigenvalue weighted by atomic mass is 9.69. The first-order valence-electron chi connectivity index (χ1n) is 9.60. The third kappa shape index (κ3) is 3.44. The summed E-state index contributed by atoms with van der Waals surface area (Å²) < 4.78 is 29.6. The summed E-state index contributed by atoms with van der Waals surface area (Å²) in [7, 11) is 1.87. The van der Waals surface area contributed by atoms with E-state index in [-0.39, 0.29) is 24.8 Å². The Morgan fingerprint density at radius 3 is 2.64 bits per heavy atom. The number of carbonyl (C=O) groups excluding carboxylic acids is 2. The molecule has 8 heteroatoms. The van der Waals surface area contributed by atoms with Gasteiger partial charge in [-0.2, -0.15) is 0 Å². The average molecular weight is 412 g/mol. The Bertz CT molecular complexity index is 811. The molecule has 0 radical (unpaired) electrons. The van der Waals surface area contributed by atoms with Gasteiger partial charge in [0, 0.05) is 31.1 Å². The quantitative estimate of drug-likeness (QED) is 0.777. The molecule has 3 aliphatic heterocycles. The Kier molecular flexibility index (Phi) is 4.96. The Hall–Kier alpha value is -1.57. The van der Waals surface area contributed by atoms with Crippen molar-refractivity contribution < 1.29 is 18.4 Å². The number of halogens is 3. The lowest BCUT2D eigenvalue weighted by molar-refractivity contribution is -0.221. The fraction of sp³-hybridized carbons (Fsp3) is 0.600. The minimum absolute atomic E-state index is 0.253. The second-order valence-electron chi connectivity index (χ2n) is 8.48. The van der Waals surface area contributed by atoms with E-state index in [0.29, 0.717) is 49.6 Å². The number of likely N-dealkylation sites (tertiary alicyclic amines) is 2. The molecule has 152 valence electrons. The summed E-state index contributed by atoms with van der Waals surface area (Å²) in [5.41, 5.74) is 0.627. The molecular formula is C20H24ClF2N3O2. The number of nitrogens with one attached hydrogen (secondary N) is 1. The first kappa shape index (κ1) is 19.7. The average Bonchev–Trinajstić information content (AvgIpc) is 2.58. The molecule has 3 aliphatic rings. The molecule has 0 aromatic heterocycles. The maximum atomic E-state index is 14.8. The number of benzene rings is 1. The topological polar surface area (TPSA) is 52.6 Å². The fourth-order valence-electron chi connectivity index (χ4n) is 4.80. The third-order valence-electron chi connectivity index (χ3n) is 6.33. The Morgan fingerprint density at radius 2 is 2.00 bits per heavy atom. The highest BCUT2D eigenvalue weighted by Crippen LogP contribution is 2.49. The summed E-state index contributed by atoms with van der Waals surface area (Å²) in [5.74, 6) is -3.83. The van der Waals surface area contributed by atoms with E-state index in [2.05, 4.69) is 5.32 Å². The van der Waals surface area contributed by atoms with Crippen molar-refractivity contribution in [1.29, 1.82) is 0 Å². The van der Waals surface area contributed by atoms with E-state index in [1.54, 1.807) is 11.0 Å². The standard InChI is InChI=1S/C20H24ClF2N3O2/c1-25-10-19(11-25)6-7-26(12-20(19,22)23)9-13-2-4-16(21)15(8-13)14-3-5-17(27)24-18(14)28/h2,4,8,14H,3,5-7,9-12H2,1H3,(H,24,27,28). The van der Waals surface area contributed by atoms with Crippen molar-refractivity contribution in [3.63, 3.8) is 0 Å². The van der Waals surface area contributed by atoms with Crippen LogP contribution in [0, 0.1) is 5.41 Å². The van der Waals surface area contributed by atoms with Gasteiger partial charge < -0.3 is 4.90 Å². The van der Waals surface area contributed by atoms with E-state index in [9.17, 15) is 18.4 Å². The molecular weight excluding hydrogens is 388 g/mol. The van der Waals surface area contributed by atoms with E-state index >= 15 is 0 Å². The van der Waals surface area contributed by atoms with Crippen LogP contribution in [0.25, 0.3) is 0 Å². The van der Waals surface area contributed by atoms with Crippen LogP contribution in [0.2, 0.25) is 5.02 Å². The van der Waals surface area contributed by atoms with Crippen LogP contribution in [-0.2, 0) is 16.1 Å². The molecule has 0 saturated carbocycles. The van der Waals surface area contributed by atoms with Crippen LogP contribution in [-0.4, -0.2) is 60.8 Å². The van der Waals surface area contributed by atoms with Crippen molar-refractivity contribution in [1.82, 2.24) is 15.1 Å². The molecule has 3 heterocycles. The first-order valence-corrected chi connectivity index (χ1v) is 9.98. The molecule has 1 spiro atoms. The minimum Gasteiger partial charge on any atom is -0.305 e. The van der Waals surface area contributed by atoms with Crippen LogP contribution in [0.3, 0.4) is 0 Å². The van der Waals surface area contributed by atoms with Gasteiger partial charge in [-0.1, -0.05) is 23.7 Å². The number of rotatable bonds is 3. The highest BCUT2D eigenvalue weighted by atomic mass is 35.5. The predicted octanol–water partition coefficient (Wildman–Crippen LogP) is 2.63. The summed E-state index contributed by atoms with van der Waals surface area (Å²) in [6, 6.07) is 5.35. The summed E-state index contributed by atoms with van der Waals surface area (Å²) >= 11 is 6.29. The number of amides is 2. The van der Waals surface area contributed by atoms with Gasteiger partial charge in [-0.3, -0.25) is 19.8 Å². The first-order chi connectivity index (χ1) is 13.2. The van der Waals surface area contributed by atoms with Crippen molar-refractivity contribution in [3.8, 4) is 0 Å².